The summed E-state index contributed by atoms with van der Waals surface area (Å²) in [5.74, 6) is -0.887. The van der Waals surface area contributed by atoms with Gasteiger partial charge in [-0.2, -0.15) is 0 Å². The Bertz CT molecular complexity index is 429. The van der Waals surface area contributed by atoms with E-state index >= 15 is 0 Å². The Morgan fingerprint density at radius 2 is 2.22 bits per heavy atom. The van der Waals surface area contributed by atoms with Gasteiger partial charge >= 0.3 is 0 Å². The van der Waals surface area contributed by atoms with Crippen LogP contribution in [0, 0.1) is 5.82 Å². The Hall–Kier alpha value is -0.460. The van der Waals surface area contributed by atoms with Crippen LogP contribution in [0.2, 0.25) is 0 Å². The average molecular weight is 383 g/mol. The molecule has 0 saturated carbocycles. The summed E-state index contributed by atoms with van der Waals surface area (Å²) in [6.45, 7) is 0.928. The number of methoxy groups -OCH3 is 1. The van der Waals surface area contributed by atoms with Crippen LogP contribution in [0.1, 0.15) is 10.4 Å². The van der Waals surface area contributed by atoms with Gasteiger partial charge in [0.1, 0.15) is 5.82 Å². The SMILES string of the molecule is COCC(Br)CN(C)C(=O)c1cccc(Br)c1F. The molecule has 1 rings (SSSR count). The minimum absolute atomic E-state index is 0.0201. The molecule has 1 unspecified atom stereocenters. The fourth-order valence-corrected chi connectivity index (χ4v) is 2.55. The average Bonchev–Trinajstić information content (AvgIpc) is 2.32. The number of alkyl halides is 1. The Morgan fingerprint density at radius 1 is 1.56 bits per heavy atom. The maximum atomic E-state index is 13.8. The molecule has 100 valence electrons. The van der Waals surface area contributed by atoms with Crippen LogP contribution < -0.4 is 0 Å². The third kappa shape index (κ3) is 4.03. The zero-order valence-electron chi connectivity index (χ0n) is 10.1. The molecule has 1 amide bonds. The zero-order valence-corrected chi connectivity index (χ0v) is 13.3. The van der Waals surface area contributed by atoms with Gasteiger partial charge in [0.15, 0.2) is 0 Å². The van der Waals surface area contributed by atoms with Crippen molar-refractivity contribution in [3.05, 3.63) is 34.1 Å². The predicted octanol–water partition coefficient (Wildman–Crippen LogP) is 3.07. The van der Waals surface area contributed by atoms with Gasteiger partial charge in [0, 0.05) is 20.7 Å². The highest BCUT2D eigenvalue weighted by atomic mass is 79.9. The summed E-state index contributed by atoms with van der Waals surface area (Å²) in [5.41, 5.74) is 0.0593. The molecule has 18 heavy (non-hydrogen) atoms. The Kier molecular flexibility index (Phi) is 6.25. The van der Waals surface area contributed by atoms with E-state index in [1.165, 1.54) is 11.0 Å². The molecule has 0 heterocycles. The molecule has 1 aromatic carbocycles. The fourth-order valence-electron chi connectivity index (χ4n) is 1.49. The number of benzene rings is 1. The number of halogens is 3. The minimum atomic E-state index is -0.535. The van der Waals surface area contributed by atoms with Crippen LogP contribution in [0.25, 0.3) is 0 Å². The minimum Gasteiger partial charge on any atom is -0.383 e. The van der Waals surface area contributed by atoms with E-state index in [-0.39, 0.29) is 20.8 Å². The molecule has 0 N–H and O–H groups in total. The Morgan fingerprint density at radius 3 is 2.83 bits per heavy atom. The summed E-state index contributed by atoms with van der Waals surface area (Å²) in [4.78, 5) is 13.5. The van der Waals surface area contributed by atoms with Crippen molar-refractivity contribution in [1.29, 1.82) is 0 Å². The van der Waals surface area contributed by atoms with E-state index in [9.17, 15) is 9.18 Å². The summed E-state index contributed by atoms with van der Waals surface area (Å²) in [6, 6.07) is 4.66. The topological polar surface area (TPSA) is 29.5 Å². The number of nitrogens with zero attached hydrogens (tertiary/aromatic N) is 1. The Balaban J connectivity index is 2.77. The maximum Gasteiger partial charge on any atom is 0.256 e. The van der Waals surface area contributed by atoms with Crippen molar-refractivity contribution in [2.24, 2.45) is 0 Å². The molecule has 0 spiro atoms. The van der Waals surface area contributed by atoms with E-state index in [0.29, 0.717) is 13.2 Å². The van der Waals surface area contributed by atoms with Gasteiger partial charge in [0.05, 0.1) is 21.5 Å². The van der Waals surface area contributed by atoms with Crippen LogP contribution in [0.15, 0.2) is 22.7 Å². The van der Waals surface area contributed by atoms with Gasteiger partial charge in [-0.1, -0.05) is 22.0 Å². The molecule has 0 radical (unpaired) electrons. The molecule has 0 saturated heterocycles. The maximum absolute atomic E-state index is 13.8. The Labute approximate surface area is 123 Å². The van der Waals surface area contributed by atoms with Gasteiger partial charge < -0.3 is 9.64 Å². The second kappa shape index (κ2) is 7.21. The molecular weight excluding hydrogens is 369 g/mol. The largest absolute Gasteiger partial charge is 0.383 e. The molecular formula is C12H14Br2FNO2. The van der Waals surface area contributed by atoms with Crippen molar-refractivity contribution in [3.63, 3.8) is 0 Å². The third-order valence-corrected chi connectivity index (χ3v) is 3.51. The van der Waals surface area contributed by atoms with Crippen molar-refractivity contribution in [1.82, 2.24) is 4.90 Å². The first-order valence-corrected chi connectivity index (χ1v) is 7.00. The lowest BCUT2D eigenvalue weighted by molar-refractivity contribution is 0.0779. The van der Waals surface area contributed by atoms with E-state index < -0.39 is 5.82 Å². The summed E-state index contributed by atoms with van der Waals surface area (Å²) in [6.07, 6.45) is 0. The highest BCUT2D eigenvalue weighted by Crippen LogP contribution is 2.20. The van der Waals surface area contributed by atoms with E-state index in [4.69, 9.17) is 4.74 Å². The monoisotopic (exact) mass is 381 g/mol. The summed E-state index contributed by atoms with van der Waals surface area (Å²) >= 11 is 6.45. The van der Waals surface area contributed by atoms with Gasteiger partial charge in [-0.25, -0.2) is 4.39 Å². The molecule has 1 aromatic rings. The second-order valence-electron chi connectivity index (χ2n) is 3.84. The molecule has 6 heteroatoms. The standard InChI is InChI=1S/C12H14Br2FNO2/c1-16(6-8(13)7-18-2)12(17)9-4-3-5-10(14)11(9)15/h3-5,8H,6-7H2,1-2H3. The molecule has 0 aliphatic heterocycles. The first-order chi connectivity index (χ1) is 8.47. The van der Waals surface area contributed by atoms with Crippen LogP contribution in [0.3, 0.4) is 0 Å². The van der Waals surface area contributed by atoms with Crippen LogP contribution in [-0.4, -0.2) is 42.9 Å². The van der Waals surface area contributed by atoms with E-state index in [1.807, 2.05) is 0 Å². The molecule has 0 bridgehead atoms. The van der Waals surface area contributed by atoms with Gasteiger partial charge in [0.2, 0.25) is 0 Å². The lowest BCUT2D eigenvalue weighted by atomic mass is 10.2. The normalized spacial score (nSPS) is 12.3. The van der Waals surface area contributed by atoms with Crippen LogP contribution in [-0.2, 0) is 4.74 Å². The zero-order chi connectivity index (χ0) is 13.7. The number of carbonyl (C=O) groups excluding carboxylic acids is 1. The predicted molar refractivity (Wildman–Crippen MR) is 75.7 cm³/mol. The molecule has 3 nitrogen and oxygen atoms in total. The lowest BCUT2D eigenvalue weighted by Gasteiger charge is -2.20. The summed E-state index contributed by atoms with van der Waals surface area (Å²) in [5, 5.41) is 0. The molecule has 0 fully saturated rings. The van der Waals surface area contributed by atoms with Crippen LogP contribution >= 0.6 is 31.9 Å². The van der Waals surface area contributed by atoms with Crippen molar-refractivity contribution >= 4 is 37.8 Å². The van der Waals surface area contributed by atoms with Gasteiger partial charge in [0.25, 0.3) is 5.91 Å². The molecule has 0 aromatic heterocycles. The number of hydrogen-bond donors (Lipinski definition) is 0. The number of rotatable bonds is 5. The quantitative estimate of drug-likeness (QED) is 0.732. The summed E-state index contributed by atoms with van der Waals surface area (Å²) in [7, 11) is 3.22. The first kappa shape index (κ1) is 15.6. The van der Waals surface area contributed by atoms with Crippen LogP contribution in [0.5, 0.6) is 0 Å². The van der Waals surface area contributed by atoms with Gasteiger partial charge in [-0.15, -0.1) is 0 Å². The number of carbonyl (C=O) groups is 1. The second-order valence-corrected chi connectivity index (χ2v) is 5.99. The smallest absolute Gasteiger partial charge is 0.256 e. The third-order valence-electron chi connectivity index (χ3n) is 2.35. The fraction of sp³-hybridized carbons (Fsp3) is 0.417. The highest BCUT2D eigenvalue weighted by molar-refractivity contribution is 9.10. The number of hydrogen-bond acceptors (Lipinski definition) is 2. The van der Waals surface area contributed by atoms with Crippen LogP contribution in [0.4, 0.5) is 4.39 Å². The summed E-state index contributed by atoms with van der Waals surface area (Å²) < 4.78 is 19.0. The van der Waals surface area contributed by atoms with E-state index in [0.717, 1.165) is 0 Å². The lowest BCUT2D eigenvalue weighted by Crippen LogP contribution is -2.34. The number of ether oxygens (including phenoxy) is 1. The molecule has 0 aliphatic rings. The molecule has 1 atom stereocenters. The highest BCUT2D eigenvalue weighted by Gasteiger charge is 2.19. The molecule has 0 aliphatic carbocycles. The van der Waals surface area contributed by atoms with Crippen molar-refractivity contribution in [3.8, 4) is 0 Å². The van der Waals surface area contributed by atoms with E-state index in [1.54, 1.807) is 26.3 Å². The van der Waals surface area contributed by atoms with Gasteiger partial charge in [-0.3, -0.25) is 4.79 Å². The van der Waals surface area contributed by atoms with Crippen molar-refractivity contribution in [2.45, 2.75) is 4.83 Å². The number of amides is 1. The van der Waals surface area contributed by atoms with Gasteiger partial charge in [-0.05, 0) is 28.1 Å². The first-order valence-electron chi connectivity index (χ1n) is 5.29. The van der Waals surface area contributed by atoms with Crippen molar-refractivity contribution in [2.75, 3.05) is 27.3 Å². The van der Waals surface area contributed by atoms with Crippen molar-refractivity contribution < 1.29 is 13.9 Å². The van der Waals surface area contributed by atoms with E-state index in [2.05, 4.69) is 31.9 Å².